The fourth-order valence-electron chi connectivity index (χ4n) is 4.31. The molecule has 1 aliphatic heterocycles. The number of aryl methyl sites for hydroxylation is 1. The normalized spacial score (nSPS) is 22.9. The Labute approximate surface area is 179 Å². The number of fused-ring (bicyclic) bond motifs is 2. The van der Waals surface area contributed by atoms with Gasteiger partial charge in [-0.2, -0.15) is 0 Å². The lowest BCUT2D eigenvalue weighted by atomic mass is 10.1. The second-order valence-corrected chi connectivity index (χ2v) is 10.2. The lowest BCUT2D eigenvalue weighted by Crippen LogP contribution is -2.53. The number of carbonyl (C=O) groups is 2. The van der Waals surface area contributed by atoms with Crippen molar-refractivity contribution >= 4 is 23.4 Å². The molecule has 1 aromatic heterocycles. The monoisotopic (exact) mass is 430 g/mol. The van der Waals surface area contributed by atoms with Crippen molar-refractivity contribution in [1.29, 1.82) is 0 Å². The number of ether oxygens (including phenoxy) is 2. The molecular formula is C22H26N2O5S. The number of benzene rings is 1. The van der Waals surface area contributed by atoms with Gasteiger partial charge in [0.05, 0.1) is 11.1 Å². The van der Waals surface area contributed by atoms with Crippen molar-refractivity contribution in [3.05, 3.63) is 34.8 Å². The van der Waals surface area contributed by atoms with Crippen LogP contribution in [-0.4, -0.2) is 44.9 Å². The highest BCUT2D eigenvalue weighted by molar-refractivity contribution is 7.15. The maximum atomic E-state index is 12.9. The quantitative estimate of drug-likeness (QED) is 0.739. The van der Waals surface area contributed by atoms with Gasteiger partial charge in [-0.1, -0.05) is 6.07 Å². The number of hydrogen-bond acceptors (Lipinski definition) is 6. The Bertz CT molecular complexity index is 996. The first kappa shape index (κ1) is 20.7. The molecule has 2 aromatic rings. The fourth-order valence-corrected chi connectivity index (χ4v) is 5.13. The summed E-state index contributed by atoms with van der Waals surface area (Å²) in [5.74, 6) is -0.258. The van der Waals surface area contributed by atoms with Crippen LogP contribution in [0.5, 0.6) is 5.75 Å². The number of thiazole rings is 1. The maximum absolute atomic E-state index is 12.9. The first-order valence-electron chi connectivity index (χ1n) is 10.1. The van der Waals surface area contributed by atoms with Gasteiger partial charge in [0.2, 0.25) is 0 Å². The summed E-state index contributed by atoms with van der Waals surface area (Å²) in [5, 5.41) is 10.3. The molecule has 2 bridgehead atoms. The predicted molar refractivity (Wildman–Crippen MR) is 113 cm³/mol. The van der Waals surface area contributed by atoms with Crippen molar-refractivity contribution in [2.75, 3.05) is 6.54 Å². The molecular weight excluding hydrogens is 404 g/mol. The van der Waals surface area contributed by atoms with E-state index >= 15 is 0 Å². The Kier molecular flexibility index (Phi) is 5.00. The molecule has 2 unspecified atom stereocenters. The molecule has 1 amide bonds. The molecule has 2 fully saturated rings. The molecule has 30 heavy (non-hydrogen) atoms. The summed E-state index contributed by atoms with van der Waals surface area (Å²) in [6.07, 6.45) is 3.67. The van der Waals surface area contributed by atoms with Gasteiger partial charge in [0, 0.05) is 30.5 Å². The van der Waals surface area contributed by atoms with E-state index in [-0.39, 0.29) is 5.56 Å². The molecule has 2 atom stereocenters. The minimum absolute atomic E-state index is 0.134. The third-order valence-corrected chi connectivity index (χ3v) is 6.42. The van der Waals surface area contributed by atoms with Crippen molar-refractivity contribution in [1.82, 2.24) is 9.88 Å². The van der Waals surface area contributed by atoms with Gasteiger partial charge in [-0.3, -0.25) is 4.90 Å². The van der Waals surface area contributed by atoms with E-state index < -0.39 is 23.4 Å². The van der Waals surface area contributed by atoms with Gasteiger partial charge in [-0.25, -0.2) is 14.6 Å². The van der Waals surface area contributed by atoms with Crippen molar-refractivity contribution in [3.8, 4) is 16.3 Å². The summed E-state index contributed by atoms with van der Waals surface area (Å²) in [6.45, 7) is 8.02. The van der Waals surface area contributed by atoms with Crippen LogP contribution in [0.15, 0.2) is 24.4 Å². The molecule has 2 aliphatic rings. The Morgan fingerprint density at radius 3 is 2.70 bits per heavy atom. The smallest absolute Gasteiger partial charge is 0.413 e. The highest BCUT2D eigenvalue weighted by Crippen LogP contribution is 2.49. The van der Waals surface area contributed by atoms with Gasteiger partial charge in [0.15, 0.2) is 5.72 Å². The van der Waals surface area contributed by atoms with Gasteiger partial charge in [0.25, 0.3) is 0 Å². The van der Waals surface area contributed by atoms with E-state index in [4.69, 9.17) is 9.47 Å². The van der Waals surface area contributed by atoms with Crippen LogP contribution in [0.2, 0.25) is 0 Å². The predicted octanol–water partition coefficient (Wildman–Crippen LogP) is 4.94. The zero-order valence-electron chi connectivity index (χ0n) is 17.6. The number of piperidine rings is 1. The Morgan fingerprint density at radius 2 is 2.10 bits per heavy atom. The number of aromatic carboxylic acids is 1. The zero-order chi connectivity index (χ0) is 21.7. The highest BCUT2D eigenvalue weighted by Gasteiger charge is 2.56. The highest BCUT2D eigenvalue weighted by atomic mass is 32.1. The number of carboxylic acid groups (broad SMARTS) is 1. The lowest BCUT2D eigenvalue weighted by molar-refractivity contribution is -0.0695. The SMILES string of the molecule is Cc1cnc(-c2c(OC34CCC(CN3C(=O)OC(C)(C)C)C4)cccc2C(=O)O)s1. The summed E-state index contributed by atoms with van der Waals surface area (Å²) in [6, 6.07) is 4.97. The largest absolute Gasteiger partial charge is 0.478 e. The molecule has 1 aliphatic carbocycles. The van der Waals surface area contributed by atoms with E-state index in [2.05, 4.69) is 4.98 Å². The third kappa shape index (κ3) is 3.76. The number of hydrogen-bond donors (Lipinski definition) is 1. The zero-order valence-corrected chi connectivity index (χ0v) is 18.4. The number of amides is 1. The third-order valence-electron chi connectivity index (χ3n) is 5.49. The second kappa shape index (κ2) is 7.27. The van der Waals surface area contributed by atoms with Crippen molar-refractivity contribution in [3.63, 3.8) is 0 Å². The minimum atomic E-state index is -1.04. The molecule has 4 rings (SSSR count). The van der Waals surface area contributed by atoms with Crippen LogP contribution in [0.4, 0.5) is 4.79 Å². The minimum Gasteiger partial charge on any atom is -0.478 e. The van der Waals surface area contributed by atoms with E-state index in [1.54, 1.807) is 29.3 Å². The first-order chi connectivity index (χ1) is 14.1. The van der Waals surface area contributed by atoms with Crippen LogP contribution < -0.4 is 4.74 Å². The molecule has 8 heteroatoms. The van der Waals surface area contributed by atoms with Gasteiger partial charge in [0.1, 0.15) is 16.4 Å². The van der Waals surface area contributed by atoms with Crippen LogP contribution in [0.1, 0.15) is 55.3 Å². The van der Waals surface area contributed by atoms with Crippen molar-refractivity contribution in [2.45, 2.75) is 58.3 Å². The van der Waals surface area contributed by atoms with Gasteiger partial charge < -0.3 is 14.6 Å². The number of carboxylic acids is 1. The van der Waals surface area contributed by atoms with Crippen LogP contribution in [-0.2, 0) is 4.74 Å². The number of carbonyl (C=O) groups excluding carboxylic acids is 1. The summed E-state index contributed by atoms with van der Waals surface area (Å²) < 4.78 is 12.1. The molecule has 2 heterocycles. The number of rotatable bonds is 4. The number of aromatic nitrogens is 1. The Hall–Kier alpha value is -2.61. The Balaban J connectivity index is 1.73. The molecule has 1 N–H and O–H groups in total. The number of nitrogens with zero attached hydrogens (tertiary/aromatic N) is 2. The molecule has 0 spiro atoms. The van der Waals surface area contributed by atoms with E-state index in [0.29, 0.717) is 41.6 Å². The summed E-state index contributed by atoms with van der Waals surface area (Å²) >= 11 is 1.42. The summed E-state index contributed by atoms with van der Waals surface area (Å²) in [4.78, 5) is 31.9. The van der Waals surface area contributed by atoms with Crippen LogP contribution >= 0.6 is 11.3 Å². The average Bonchev–Trinajstić information content (AvgIpc) is 3.34. The number of likely N-dealkylation sites (tertiary alicyclic amines) is 1. The fraction of sp³-hybridized carbons (Fsp3) is 0.500. The van der Waals surface area contributed by atoms with E-state index in [1.807, 2.05) is 27.7 Å². The van der Waals surface area contributed by atoms with Gasteiger partial charge in [-0.15, -0.1) is 11.3 Å². The standard InChI is InChI=1S/C22H26N2O5S/c1-13-11-23-18(30-13)17-15(19(25)26)6-5-7-16(17)28-22-9-8-14(10-22)12-24(22)20(27)29-21(2,3)4/h5-7,11,14H,8-10,12H2,1-4H3,(H,25,26). The molecule has 160 valence electrons. The summed E-state index contributed by atoms with van der Waals surface area (Å²) in [5.41, 5.74) is -0.843. The molecule has 1 saturated carbocycles. The average molecular weight is 431 g/mol. The van der Waals surface area contributed by atoms with Crippen molar-refractivity contribution < 1.29 is 24.2 Å². The molecule has 7 nitrogen and oxygen atoms in total. The summed E-state index contributed by atoms with van der Waals surface area (Å²) in [7, 11) is 0. The van der Waals surface area contributed by atoms with Gasteiger partial charge >= 0.3 is 12.1 Å². The van der Waals surface area contributed by atoms with E-state index in [1.165, 1.54) is 11.3 Å². The second-order valence-electron chi connectivity index (χ2n) is 9.01. The topological polar surface area (TPSA) is 89.0 Å². The van der Waals surface area contributed by atoms with Crippen molar-refractivity contribution in [2.24, 2.45) is 5.92 Å². The van der Waals surface area contributed by atoms with E-state index in [0.717, 1.165) is 11.3 Å². The lowest BCUT2D eigenvalue weighted by Gasteiger charge is -2.39. The van der Waals surface area contributed by atoms with E-state index in [9.17, 15) is 14.7 Å². The Morgan fingerprint density at radius 1 is 1.33 bits per heavy atom. The molecule has 0 radical (unpaired) electrons. The van der Waals surface area contributed by atoms with Crippen LogP contribution in [0.25, 0.3) is 10.6 Å². The van der Waals surface area contributed by atoms with Crippen LogP contribution in [0.3, 0.4) is 0 Å². The molecule has 1 aromatic carbocycles. The first-order valence-corrected chi connectivity index (χ1v) is 10.9. The maximum Gasteiger partial charge on any atom is 0.413 e. The molecule has 1 saturated heterocycles. The van der Waals surface area contributed by atoms with Gasteiger partial charge in [-0.05, 0) is 52.2 Å². The van der Waals surface area contributed by atoms with Crippen LogP contribution in [0, 0.1) is 12.8 Å².